The maximum Gasteiger partial charge on any atom is 0.340 e. The van der Waals surface area contributed by atoms with E-state index in [0.717, 1.165) is 24.0 Å². The van der Waals surface area contributed by atoms with E-state index in [1.165, 1.54) is 6.42 Å². The van der Waals surface area contributed by atoms with E-state index in [1.807, 2.05) is 60.7 Å². The van der Waals surface area contributed by atoms with Crippen molar-refractivity contribution in [3.63, 3.8) is 0 Å². The van der Waals surface area contributed by atoms with E-state index < -0.39 is 6.10 Å². The Morgan fingerprint density at radius 1 is 1.00 bits per heavy atom. The predicted molar refractivity (Wildman–Crippen MR) is 112 cm³/mol. The smallest absolute Gasteiger partial charge is 0.340 e. The van der Waals surface area contributed by atoms with Gasteiger partial charge in [0.25, 0.3) is 0 Å². The van der Waals surface area contributed by atoms with Gasteiger partial charge in [0.1, 0.15) is 6.10 Å². The largest absolute Gasteiger partial charge is 0.460 e. The van der Waals surface area contributed by atoms with Crippen LogP contribution in [0.2, 0.25) is 0 Å². The Bertz CT molecular complexity index is 726. The summed E-state index contributed by atoms with van der Waals surface area (Å²) in [4.78, 5) is 13.2. The van der Waals surface area contributed by atoms with Gasteiger partial charge in [-0.25, -0.2) is 4.79 Å². The van der Waals surface area contributed by atoms with Crippen LogP contribution in [0.4, 0.5) is 0 Å². The molecule has 1 fully saturated rings. The molecule has 150 valence electrons. The first kappa shape index (κ1) is 20.6. The normalized spacial score (nSPS) is 23.4. The van der Waals surface area contributed by atoms with Gasteiger partial charge in [-0.1, -0.05) is 87.9 Å². The van der Waals surface area contributed by atoms with E-state index in [2.05, 4.69) is 20.8 Å². The highest BCUT2D eigenvalue weighted by Gasteiger charge is 2.35. The summed E-state index contributed by atoms with van der Waals surface area (Å²) in [7, 11) is 0. The Labute approximate surface area is 169 Å². The molecule has 28 heavy (non-hydrogen) atoms. The van der Waals surface area contributed by atoms with Crippen molar-refractivity contribution < 1.29 is 14.3 Å². The van der Waals surface area contributed by atoms with Gasteiger partial charge in [-0.05, 0) is 41.7 Å². The second-order valence-electron chi connectivity index (χ2n) is 8.39. The Kier molecular flexibility index (Phi) is 7.27. The molecule has 0 N–H and O–H groups in total. The van der Waals surface area contributed by atoms with Gasteiger partial charge in [-0.15, -0.1) is 0 Å². The van der Waals surface area contributed by atoms with Crippen molar-refractivity contribution in [1.29, 1.82) is 0 Å². The molecular weight excluding hydrogens is 348 g/mol. The zero-order valence-corrected chi connectivity index (χ0v) is 17.2. The number of carbonyl (C=O) groups is 1. The van der Waals surface area contributed by atoms with Gasteiger partial charge in [0.2, 0.25) is 0 Å². The van der Waals surface area contributed by atoms with Crippen molar-refractivity contribution in [3.05, 3.63) is 71.8 Å². The van der Waals surface area contributed by atoms with E-state index in [1.54, 1.807) is 0 Å². The van der Waals surface area contributed by atoms with Crippen LogP contribution in [-0.4, -0.2) is 12.1 Å². The molecule has 0 unspecified atom stereocenters. The van der Waals surface area contributed by atoms with Crippen LogP contribution >= 0.6 is 0 Å². The van der Waals surface area contributed by atoms with Crippen LogP contribution in [0.1, 0.15) is 57.3 Å². The standard InChI is InChI=1S/C25H32O3/c1-18(2)22-15-14-19(3)16-23(22)28-25(26)24(21-12-8-5-9-13-21)27-17-20-10-6-4-7-11-20/h4-13,18-19,22-24H,14-17H2,1-3H3/t19-,22+,23-,24-/m1/s1. The zero-order chi connectivity index (χ0) is 19.9. The first-order valence-corrected chi connectivity index (χ1v) is 10.5. The summed E-state index contributed by atoms with van der Waals surface area (Å²) in [6.07, 6.45) is 2.55. The molecule has 0 bridgehead atoms. The van der Waals surface area contributed by atoms with Crippen LogP contribution < -0.4 is 0 Å². The van der Waals surface area contributed by atoms with Crippen LogP contribution in [0.3, 0.4) is 0 Å². The molecule has 0 spiro atoms. The van der Waals surface area contributed by atoms with Crippen LogP contribution in [0.25, 0.3) is 0 Å². The van der Waals surface area contributed by atoms with Gasteiger partial charge >= 0.3 is 5.97 Å². The third-order valence-corrected chi connectivity index (χ3v) is 5.80. The molecule has 4 atom stereocenters. The summed E-state index contributed by atoms with van der Waals surface area (Å²) in [5.74, 6) is 1.25. The lowest BCUT2D eigenvalue weighted by molar-refractivity contribution is -0.171. The number of ether oxygens (including phenoxy) is 2. The SMILES string of the molecule is CC(C)[C@@H]1CC[C@@H](C)C[C@H]1OC(=O)[C@H](OCc1ccccc1)c1ccccc1. The minimum absolute atomic E-state index is 0.0252. The highest BCUT2D eigenvalue weighted by molar-refractivity contribution is 5.76. The summed E-state index contributed by atoms with van der Waals surface area (Å²) in [5.41, 5.74) is 1.89. The van der Waals surface area contributed by atoms with Gasteiger partial charge in [0.15, 0.2) is 6.10 Å². The van der Waals surface area contributed by atoms with Crippen LogP contribution in [0.15, 0.2) is 60.7 Å². The van der Waals surface area contributed by atoms with Gasteiger partial charge in [-0.3, -0.25) is 0 Å². The summed E-state index contributed by atoms with van der Waals surface area (Å²) in [5, 5.41) is 0. The molecule has 0 radical (unpaired) electrons. The van der Waals surface area contributed by atoms with Gasteiger partial charge < -0.3 is 9.47 Å². The Morgan fingerprint density at radius 2 is 1.64 bits per heavy atom. The predicted octanol–water partition coefficient (Wildman–Crippen LogP) is 5.95. The molecule has 2 aromatic carbocycles. The fourth-order valence-electron chi connectivity index (χ4n) is 4.14. The lowest BCUT2D eigenvalue weighted by Crippen LogP contribution is -2.37. The number of esters is 1. The summed E-state index contributed by atoms with van der Waals surface area (Å²) in [6, 6.07) is 19.6. The molecule has 0 aliphatic heterocycles. The highest BCUT2D eigenvalue weighted by Crippen LogP contribution is 2.36. The van der Waals surface area contributed by atoms with Crippen molar-refractivity contribution >= 4 is 5.97 Å². The molecule has 2 aromatic rings. The molecule has 3 heteroatoms. The number of carbonyl (C=O) groups excluding carboxylic acids is 1. The molecule has 1 aliphatic rings. The van der Waals surface area contributed by atoms with E-state index in [0.29, 0.717) is 24.4 Å². The van der Waals surface area contributed by atoms with E-state index in [-0.39, 0.29) is 12.1 Å². The fourth-order valence-corrected chi connectivity index (χ4v) is 4.14. The molecule has 0 aromatic heterocycles. The topological polar surface area (TPSA) is 35.5 Å². The maximum absolute atomic E-state index is 13.2. The van der Waals surface area contributed by atoms with Gasteiger partial charge in [-0.2, -0.15) is 0 Å². The van der Waals surface area contributed by atoms with E-state index in [4.69, 9.17) is 9.47 Å². The quantitative estimate of drug-likeness (QED) is 0.557. The zero-order valence-electron chi connectivity index (χ0n) is 17.2. The third kappa shape index (κ3) is 5.45. The first-order valence-electron chi connectivity index (χ1n) is 10.5. The average molecular weight is 381 g/mol. The molecule has 0 heterocycles. The molecule has 3 rings (SSSR count). The lowest BCUT2D eigenvalue weighted by atomic mass is 9.75. The number of hydrogen-bond acceptors (Lipinski definition) is 3. The van der Waals surface area contributed by atoms with E-state index >= 15 is 0 Å². The first-order chi connectivity index (χ1) is 13.5. The number of rotatable bonds is 7. The summed E-state index contributed by atoms with van der Waals surface area (Å²) < 4.78 is 12.1. The monoisotopic (exact) mass is 380 g/mol. The van der Waals surface area contributed by atoms with Crippen LogP contribution in [0, 0.1) is 17.8 Å². The highest BCUT2D eigenvalue weighted by atomic mass is 16.6. The third-order valence-electron chi connectivity index (χ3n) is 5.80. The van der Waals surface area contributed by atoms with Gasteiger partial charge in [0, 0.05) is 0 Å². The minimum Gasteiger partial charge on any atom is -0.460 e. The molecule has 1 aliphatic carbocycles. The summed E-state index contributed by atoms with van der Waals surface area (Å²) in [6.45, 7) is 7.08. The van der Waals surface area contributed by atoms with Crippen LogP contribution in [0.5, 0.6) is 0 Å². The fraction of sp³-hybridized carbons (Fsp3) is 0.480. The summed E-state index contributed by atoms with van der Waals surface area (Å²) >= 11 is 0. The number of benzene rings is 2. The van der Waals surface area contributed by atoms with Gasteiger partial charge in [0.05, 0.1) is 6.61 Å². The Balaban J connectivity index is 1.74. The second-order valence-corrected chi connectivity index (χ2v) is 8.39. The molecule has 1 saturated carbocycles. The molecule has 3 nitrogen and oxygen atoms in total. The van der Waals surface area contributed by atoms with Crippen molar-refractivity contribution in [1.82, 2.24) is 0 Å². The second kappa shape index (κ2) is 9.88. The van der Waals surface area contributed by atoms with Crippen molar-refractivity contribution in [3.8, 4) is 0 Å². The number of hydrogen-bond donors (Lipinski definition) is 0. The van der Waals surface area contributed by atoms with Crippen molar-refractivity contribution in [2.24, 2.45) is 17.8 Å². The molecular formula is C25H32O3. The average Bonchev–Trinajstić information content (AvgIpc) is 2.69. The molecule has 0 saturated heterocycles. The minimum atomic E-state index is -0.702. The van der Waals surface area contributed by atoms with Crippen molar-refractivity contribution in [2.45, 2.75) is 58.8 Å². The lowest BCUT2D eigenvalue weighted by Gasteiger charge is -2.37. The van der Waals surface area contributed by atoms with Crippen LogP contribution in [-0.2, 0) is 20.9 Å². The Morgan fingerprint density at radius 3 is 2.29 bits per heavy atom. The van der Waals surface area contributed by atoms with Crippen molar-refractivity contribution in [2.75, 3.05) is 0 Å². The Hall–Kier alpha value is -2.13. The van der Waals surface area contributed by atoms with E-state index in [9.17, 15) is 4.79 Å². The molecule has 0 amide bonds. The maximum atomic E-state index is 13.2.